The van der Waals surface area contributed by atoms with Crippen molar-refractivity contribution in [3.63, 3.8) is 0 Å². The van der Waals surface area contributed by atoms with Gasteiger partial charge in [0.2, 0.25) is 5.91 Å². The maximum Gasteiger partial charge on any atom is 0.328 e. The molecule has 0 aliphatic carbocycles. The Morgan fingerprint density at radius 2 is 2.00 bits per heavy atom. The highest BCUT2D eigenvalue weighted by Gasteiger charge is 2.22. The van der Waals surface area contributed by atoms with Crippen molar-refractivity contribution in [2.45, 2.75) is 24.9 Å². The van der Waals surface area contributed by atoms with Crippen molar-refractivity contribution in [1.82, 2.24) is 5.32 Å². The lowest BCUT2D eigenvalue weighted by Gasteiger charge is -2.17. The molecule has 0 aromatic rings. The highest BCUT2D eigenvalue weighted by Crippen LogP contribution is 1.96. The molecule has 0 aromatic carbocycles. The van der Waals surface area contributed by atoms with Crippen LogP contribution in [0.15, 0.2) is 0 Å². The van der Waals surface area contributed by atoms with Gasteiger partial charge in [-0.15, -0.1) is 0 Å². The van der Waals surface area contributed by atoms with E-state index in [0.717, 1.165) is 0 Å². The van der Waals surface area contributed by atoms with E-state index in [4.69, 9.17) is 15.6 Å². The molecule has 2 atom stereocenters. The van der Waals surface area contributed by atoms with Gasteiger partial charge in [0.05, 0.1) is 12.6 Å². The van der Waals surface area contributed by atoms with Crippen LogP contribution in [0.2, 0.25) is 0 Å². The molecule has 0 saturated heterocycles. The molecule has 0 bridgehead atoms. The summed E-state index contributed by atoms with van der Waals surface area (Å²) >= 11 is 0. The van der Waals surface area contributed by atoms with Crippen molar-refractivity contribution >= 4 is 11.9 Å². The lowest BCUT2D eigenvalue weighted by Crippen LogP contribution is -2.50. The summed E-state index contributed by atoms with van der Waals surface area (Å²) in [4.78, 5) is 22.3. The van der Waals surface area contributed by atoms with Gasteiger partial charge >= 0.3 is 5.97 Å². The predicted molar refractivity (Wildman–Crippen MR) is 60.5 cm³/mol. The molecule has 0 fully saturated rings. The minimum Gasteiger partial charge on any atom is -0.480 e. The number of carboxylic acid groups (broad SMARTS) is 1. The second kappa shape index (κ2) is 8.91. The van der Waals surface area contributed by atoms with Crippen molar-refractivity contribution in [2.24, 2.45) is 5.73 Å². The van der Waals surface area contributed by atoms with Gasteiger partial charge in [0.1, 0.15) is 0 Å². The zero-order chi connectivity index (χ0) is 13.3. The zero-order valence-corrected chi connectivity index (χ0v) is 10.1. The molecule has 0 spiro atoms. The second-order valence-electron chi connectivity index (χ2n) is 3.60. The minimum absolute atomic E-state index is 0.0914. The van der Waals surface area contributed by atoms with Gasteiger partial charge < -0.3 is 25.6 Å². The summed E-state index contributed by atoms with van der Waals surface area (Å²) in [5.74, 6) is -1.64. The van der Waals surface area contributed by atoms with E-state index >= 15 is 0 Å². The molecule has 0 aliphatic rings. The summed E-state index contributed by atoms with van der Waals surface area (Å²) in [7, 11) is 2.92. The number of nitrogens with two attached hydrogens (primary N) is 1. The predicted octanol–water partition coefficient (Wildman–Crippen LogP) is -1.04. The van der Waals surface area contributed by atoms with Crippen LogP contribution in [0.5, 0.6) is 0 Å². The molecule has 0 aliphatic heterocycles. The molecule has 0 saturated carbocycles. The fraction of sp³-hybridized carbons (Fsp3) is 0.800. The van der Waals surface area contributed by atoms with E-state index in [2.05, 4.69) is 10.1 Å². The number of hydrogen-bond acceptors (Lipinski definition) is 5. The first kappa shape index (κ1) is 15.8. The fourth-order valence-corrected chi connectivity index (χ4v) is 1.20. The summed E-state index contributed by atoms with van der Waals surface area (Å²) < 4.78 is 9.52. The number of carbonyl (C=O) groups is 2. The SMILES string of the molecule is COCCCC(N)C(=O)NC(COC)C(=O)O. The summed E-state index contributed by atoms with van der Waals surface area (Å²) in [5, 5.41) is 11.1. The normalized spacial score (nSPS) is 14.1. The van der Waals surface area contributed by atoms with Crippen LogP contribution in [0.3, 0.4) is 0 Å². The summed E-state index contributed by atoms with van der Waals surface area (Å²) in [5.41, 5.74) is 5.60. The van der Waals surface area contributed by atoms with E-state index in [1.54, 1.807) is 7.11 Å². The number of amides is 1. The number of ether oxygens (including phenoxy) is 2. The van der Waals surface area contributed by atoms with E-state index in [0.29, 0.717) is 19.4 Å². The Morgan fingerprint density at radius 1 is 1.35 bits per heavy atom. The van der Waals surface area contributed by atoms with Gasteiger partial charge in [-0.2, -0.15) is 0 Å². The van der Waals surface area contributed by atoms with Crippen molar-refractivity contribution < 1.29 is 24.2 Å². The van der Waals surface area contributed by atoms with Crippen LogP contribution in [-0.4, -0.2) is 56.5 Å². The molecule has 1 amide bonds. The van der Waals surface area contributed by atoms with Crippen LogP contribution >= 0.6 is 0 Å². The molecular formula is C10H20N2O5. The standard InChI is InChI=1S/C10H20N2O5/c1-16-5-3-4-7(11)9(13)12-8(6-17-2)10(14)15/h7-8H,3-6,11H2,1-2H3,(H,12,13)(H,14,15). The Bertz CT molecular complexity index is 247. The lowest BCUT2D eigenvalue weighted by atomic mass is 10.1. The van der Waals surface area contributed by atoms with Crippen LogP contribution in [-0.2, 0) is 19.1 Å². The highest BCUT2D eigenvalue weighted by molar-refractivity contribution is 5.86. The number of nitrogens with one attached hydrogen (secondary N) is 1. The van der Waals surface area contributed by atoms with Crippen LogP contribution < -0.4 is 11.1 Å². The molecule has 100 valence electrons. The Kier molecular flexibility index (Phi) is 8.29. The van der Waals surface area contributed by atoms with Crippen LogP contribution in [0.1, 0.15) is 12.8 Å². The first-order chi connectivity index (χ1) is 8.02. The van der Waals surface area contributed by atoms with Crippen molar-refractivity contribution in [2.75, 3.05) is 27.4 Å². The number of rotatable bonds is 9. The quantitative estimate of drug-likeness (QED) is 0.449. The first-order valence-corrected chi connectivity index (χ1v) is 5.29. The number of methoxy groups -OCH3 is 2. The van der Waals surface area contributed by atoms with Crippen LogP contribution in [0, 0.1) is 0 Å². The number of aliphatic carboxylic acids is 1. The third-order valence-electron chi connectivity index (χ3n) is 2.15. The molecule has 7 nitrogen and oxygen atoms in total. The Hall–Kier alpha value is -1.18. The average Bonchev–Trinajstić information content (AvgIpc) is 2.28. The molecule has 7 heteroatoms. The molecule has 0 heterocycles. The Labute approximate surface area is 100 Å². The third kappa shape index (κ3) is 6.88. The number of carbonyl (C=O) groups excluding carboxylic acids is 1. The van der Waals surface area contributed by atoms with Gasteiger partial charge in [-0.1, -0.05) is 0 Å². The van der Waals surface area contributed by atoms with Crippen molar-refractivity contribution in [3.8, 4) is 0 Å². The van der Waals surface area contributed by atoms with Gasteiger partial charge in [-0.3, -0.25) is 4.79 Å². The second-order valence-corrected chi connectivity index (χ2v) is 3.60. The average molecular weight is 248 g/mol. The highest BCUT2D eigenvalue weighted by atomic mass is 16.5. The molecule has 0 aromatic heterocycles. The van der Waals surface area contributed by atoms with Gasteiger partial charge in [0, 0.05) is 20.8 Å². The van der Waals surface area contributed by atoms with E-state index in [1.807, 2.05) is 0 Å². The Balaban J connectivity index is 4.06. The van der Waals surface area contributed by atoms with E-state index in [1.165, 1.54) is 7.11 Å². The largest absolute Gasteiger partial charge is 0.480 e. The van der Waals surface area contributed by atoms with E-state index in [9.17, 15) is 9.59 Å². The van der Waals surface area contributed by atoms with Crippen molar-refractivity contribution in [3.05, 3.63) is 0 Å². The molecule has 4 N–H and O–H groups in total. The maximum atomic E-state index is 11.5. The zero-order valence-electron chi connectivity index (χ0n) is 10.1. The first-order valence-electron chi connectivity index (χ1n) is 5.29. The summed E-state index contributed by atoms with van der Waals surface area (Å²) in [6, 6.07) is -1.80. The van der Waals surface area contributed by atoms with Gasteiger partial charge in [0.15, 0.2) is 6.04 Å². The molecule has 17 heavy (non-hydrogen) atoms. The number of carboxylic acids is 1. The third-order valence-corrected chi connectivity index (χ3v) is 2.15. The number of hydrogen-bond donors (Lipinski definition) is 3. The molecule has 0 radical (unpaired) electrons. The van der Waals surface area contributed by atoms with Crippen LogP contribution in [0.25, 0.3) is 0 Å². The Morgan fingerprint density at radius 3 is 2.47 bits per heavy atom. The van der Waals surface area contributed by atoms with Gasteiger partial charge in [-0.05, 0) is 12.8 Å². The molecule has 2 unspecified atom stereocenters. The smallest absolute Gasteiger partial charge is 0.328 e. The van der Waals surface area contributed by atoms with Crippen molar-refractivity contribution in [1.29, 1.82) is 0 Å². The van der Waals surface area contributed by atoms with E-state index < -0.39 is 24.0 Å². The van der Waals surface area contributed by atoms with Gasteiger partial charge in [0.25, 0.3) is 0 Å². The monoisotopic (exact) mass is 248 g/mol. The van der Waals surface area contributed by atoms with Crippen LogP contribution in [0.4, 0.5) is 0 Å². The maximum absolute atomic E-state index is 11.5. The topological polar surface area (TPSA) is 111 Å². The van der Waals surface area contributed by atoms with E-state index in [-0.39, 0.29) is 6.61 Å². The molecule has 0 rings (SSSR count). The molecular weight excluding hydrogens is 228 g/mol. The summed E-state index contributed by atoms with van der Waals surface area (Å²) in [6.07, 6.45) is 1.09. The lowest BCUT2D eigenvalue weighted by molar-refractivity contribution is -0.143. The summed E-state index contributed by atoms with van der Waals surface area (Å²) in [6.45, 7) is 0.424. The minimum atomic E-state index is -1.15. The van der Waals surface area contributed by atoms with Gasteiger partial charge in [-0.25, -0.2) is 4.79 Å². The fourth-order valence-electron chi connectivity index (χ4n) is 1.20.